The van der Waals surface area contributed by atoms with Crippen LogP contribution in [0, 0.1) is 43.8 Å². The fourth-order valence-electron chi connectivity index (χ4n) is 5.56. The van der Waals surface area contributed by atoms with Crippen LogP contribution < -0.4 is 16.8 Å². The van der Waals surface area contributed by atoms with Crippen molar-refractivity contribution in [2.24, 2.45) is 10.7 Å². The second-order valence-electron chi connectivity index (χ2n) is 12.2. The molecule has 0 radical (unpaired) electrons. The van der Waals surface area contributed by atoms with E-state index in [4.69, 9.17) is 10.7 Å². The zero-order valence-electron chi connectivity index (χ0n) is 33.2. The minimum Gasteiger partial charge on any atom is -0.398 e. The maximum atomic E-state index is 15.1. The van der Waals surface area contributed by atoms with Crippen LogP contribution in [0.25, 0.3) is 17.0 Å². The lowest BCUT2D eigenvalue weighted by atomic mass is 9.76. The van der Waals surface area contributed by atoms with Crippen LogP contribution in [-0.4, -0.2) is 34.7 Å². The zero-order valence-corrected chi connectivity index (χ0v) is 33.2. The van der Waals surface area contributed by atoms with Crippen LogP contribution in [0.5, 0.6) is 0 Å². The fraction of sp³-hybridized carbons (Fsp3) is 0.419. The monoisotopic (exact) mass is 737 g/mol. The molecule has 1 fully saturated rings. The lowest BCUT2D eigenvalue weighted by Gasteiger charge is -2.36. The van der Waals surface area contributed by atoms with Crippen molar-refractivity contribution in [3.8, 4) is 23.7 Å². The summed E-state index contributed by atoms with van der Waals surface area (Å²) in [5.41, 5.74) is 16.5. The summed E-state index contributed by atoms with van der Waals surface area (Å²) >= 11 is 0. The van der Waals surface area contributed by atoms with Crippen LogP contribution >= 0.6 is 0 Å². The zero-order chi connectivity index (χ0) is 41.3. The summed E-state index contributed by atoms with van der Waals surface area (Å²) in [5, 5.41) is 15.1. The highest BCUT2D eigenvalue weighted by Gasteiger charge is 2.57. The Labute approximate surface area is 315 Å². The van der Waals surface area contributed by atoms with Gasteiger partial charge in [0.15, 0.2) is 17.9 Å². The van der Waals surface area contributed by atoms with E-state index in [9.17, 15) is 18.3 Å². The van der Waals surface area contributed by atoms with Crippen molar-refractivity contribution in [2.75, 3.05) is 12.3 Å². The molecule has 0 bridgehead atoms. The van der Waals surface area contributed by atoms with E-state index in [0.717, 1.165) is 23.6 Å². The largest absolute Gasteiger partial charge is 0.398 e. The molecule has 3 atom stereocenters. The molecule has 0 spiro atoms. The Balaban J connectivity index is 0.00000277. The van der Waals surface area contributed by atoms with Gasteiger partial charge in [0.2, 0.25) is 0 Å². The van der Waals surface area contributed by atoms with Crippen LogP contribution in [0.2, 0.25) is 0 Å². The number of aryl methyl sites for hydroxylation is 1. The van der Waals surface area contributed by atoms with E-state index in [1.54, 1.807) is 19.0 Å². The molecule has 3 aromatic rings. The van der Waals surface area contributed by atoms with Crippen molar-refractivity contribution in [3.63, 3.8) is 0 Å². The highest BCUT2D eigenvalue weighted by Crippen LogP contribution is 2.52. The first kappa shape index (κ1) is 48.2. The van der Waals surface area contributed by atoms with Gasteiger partial charge in [0.05, 0.1) is 28.1 Å². The number of rotatable bonds is 11. The molecule has 2 aromatic carbocycles. The van der Waals surface area contributed by atoms with Gasteiger partial charge in [-0.3, -0.25) is 9.98 Å². The van der Waals surface area contributed by atoms with Gasteiger partial charge < -0.3 is 21.9 Å². The molecule has 1 heterocycles. The molecule has 6 N–H and O–H groups in total. The smallest absolute Gasteiger partial charge is 0.187 e. The molecule has 3 unspecified atom stereocenters. The average Bonchev–Trinajstić information content (AvgIpc) is 3.92. The number of nitrogens with zero attached hydrogens (tertiary/aromatic N) is 2. The quantitative estimate of drug-likeness (QED) is 0.0180. The average molecular weight is 738 g/mol. The lowest BCUT2D eigenvalue weighted by Crippen LogP contribution is -2.47. The molecule has 0 saturated heterocycles. The van der Waals surface area contributed by atoms with Gasteiger partial charge in [-0.1, -0.05) is 54.5 Å². The van der Waals surface area contributed by atoms with Crippen LogP contribution in [0.1, 0.15) is 114 Å². The molecule has 4 rings (SSSR count). The highest BCUT2D eigenvalue weighted by molar-refractivity contribution is 5.90. The van der Waals surface area contributed by atoms with Crippen molar-refractivity contribution in [1.29, 1.82) is 0 Å². The number of terminal acetylenes is 1. The molecule has 1 aromatic heterocycles. The molecule has 0 amide bonds. The second-order valence-corrected chi connectivity index (χ2v) is 12.2. The number of nitrogens with one attached hydrogen (secondary N) is 1. The summed E-state index contributed by atoms with van der Waals surface area (Å²) in [6.07, 6.45) is 6.18. The maximum absolute atomic E-state index is 15.1. The topological polar surface area (TPSA) is 110 Å². The summed E-state index contributed by atoms with van der Waals surface area (Å²) in [7, 11) is 0. The number of hydrogen-bond acceptors (Lipinski definition) is 6. The summed E-state index contributed by atoms with van der Waals surface area (Å²) in [6.45, 7) is 28.9. The van der Waals surface area contributed by atoms with E-state index in [1.165, 1.54) is 13.1 Å². The number of anilines is 1. The number of hydrogen-bond donors (Lipinski definition) is 4. The minimum atomic E-state index is -1.39. The van der Waals surface area contributed by atoms with E-state index in [-0.39, 0.29) is 23.7 Å². The summed E-state index contributed by atoms with van der Waals surface area (Å²) < 4.78 is 56.7. The van der Waals surface area contributed by atoms with Crippen LogP contribution in [0.4, 0.5) is 23.2 Å². The van der Waals surface area contributed by atoms with Crippen molar-refractivity contribution < 1.29 is 22.7 Å². The van der Waals surface area contributed by atoms with Crippen molar-refractivity contribution in [2.45, 2.75) is 112 Å². The Morgan fingerprint density at radius 3 is 2.11 bits per heavy atom. The van der Waals surface area contributed by atoms with Gasteiger partial charge in [-0.25, -0.2) is 17.6 Å². The Morgan fingerprint density at radius 2 is 1.62 bits per heavy atom. The molecule has 53 heavy (non-hydrogen) atoms. The van der Waals surface area contributed by atoms with Crippen LogP contribution in [-0.2, 0) is 5.41 Å². The Kier molecular flexibility index (Phi) is 20.2. The molecule has 10 heteroatoms. The minimum absolute atomic E-state index is 0.0448. The molecule has 290 valence electrons. The van der Waals surface area contributed by atoms with Crippen LogP contribution in [0.15, 0.2) is 60.8 Å². The summed E-state index contributed by atoms with van der Waals surface area (Å²) in [5.74, 6) is -3.33. The number of aliphatic imine (C=N–C) groups is 1. The van der Waals surface area contributed by atoms with Gasteiger partial charge in [-0.05, 0) is 99.9 Å². The second kappa shape index (κ2) is 22.3. The van der Waals surface area contributed by atoms with E-state index >= 15 is 4.39 Å². The number of halogens is 4. The Bertz CT molecular complexity index is 1770. The third kappa shape index (κ3) is 11.8. The number of nitrogens with two attached hydrogens (primary N) is 2. The number of benzene rings is 2. The molecule has 1 aliphatic carbocycles. The van der Waals surface area contributed by atoms with Crippen LogP contribution in [0.3, 0.4) is 0 Å². The Morgan fingerprint density at radius 1 is 1.08 bits per heavy atom. The molecule has 1 aliphatic rings. The highest BCUT2D eigenvalue weighted by atomic mass is 19.2. The van der Waals surface area contributed by atoms with Gasteiger partial charge in [-0.2, -0.15) is 0 Å². The molecule has 6 nitrogen and oxygen atoms in total. The maximum Gasteiger partial charge on any atom is 0.187 e. The van der Waals surface area contributed by atoms with Gasteiger partial charge in [0.1, 0.15) is 5.82 Å². The van der Waals surface area contributed by atoms with E-state index in [0.29, 0.717) is 52.7 Å². The van der Waals surface area contributed by atoms with Crippen molar-refractivity contribution >= 4 is 17.6 Å². The molecular formula is C43H59F4N5O. The van der Waals surface area contributed by atoms with Crippen molar-refractivity contribution in [3.05, 3.63) is 107 Å². The predicted molar refractivity (Wildman–Crippen MR) is 216 cm³/mol. The fourth-order valence-corrected chi connectivity index (χ4v) is 5.56. The van der Waals surface area contributed by atoms with E-state index < -0.39 is 34.8 Å². The molecule has 0 aliphatic heterocycles. The lowest BCUT2D eigenvalue weighted by molar-refractivity contribution is 0.0633. The first-order valence-corrected chi connectivity index (χ1v) is 17.8. The SMILES string of the molecule is C#CN.C=C.C=C=C(NCC(C)(c1cc(C(C)CC)c(C)c(-c2cc(F)c(F)cc2F)n1)C1(O)CC1)c1cc(C)c(N)c(/C=N/C(C)F)c1.CC.CC. The normalized spacial score (nSPS) is 14.3. The first-order valence-electron chi connectivity index (χ1n) is 17.8. The number of nitrogen functional groups attached to an aromatic ring is 1. The summed E-state index contributed by atoms with van der Waals surface area (Å²) in [4.78, 5) is 8.67. The van der Waals surface area contributed by atoms with E-state index in [1.807, 2.05) is 67.5 Å². The van der Waals surface area contributed by atoms with Crippen molar-refractivity contribution in [1.82, 2.24) is 10.3 Å². The van der Waals surface area contributed by atoms with Gasteiger partial charge in [0.25, 0.3) is 0 Å². The predicted octanol–water partition coefficient (Wildman–Crippen LogP) is 10.2. The number of alkyl halides is 1. The number of aromatic nitrogens is 1. The third-order valence-corrected chi connectivity index (χ3v) is 8.96. The van der Waals surface area contributed by atoms with Gasteiger partial charge >= 0.3 is 0 Å². The van der Waals surface area contributed by atoms with E-state index in [2.05, 4.69) is 47.9 Å². The van der Waals surface area contributed by atoms with Gasteiger partial charge in [-0.15, -0.1) is 18.9 Å². The standard InChI is InChI=1S/C35H40F4N4O.C2H3N.2C2H6.C2H4/c1-8-19(3)25-15-31(43-33(21(25)5)26-14-28(38)29(39)16-27(26)37)34(7,35(44)10-11-35)18-42-30(9-2)23-12-20(4)32(40)24(13-23)17-41-22(6)36;1-2-3;3*1-2/h12-17,19,22,42,44H,2,8,10-11,18,40H2,1,3-7H3;1H,3H2;2*1-2H3;1-2H2/b41-17+;;;;. The summed E-state index contributed by atoms with van der Waals surface area (Å²) in [6, 6.07) is 8.65. The third-order valence-electron chi connectivity index (χ3n) is 8.96. The Hall–Kier alpha value is -4.84. The first-order chi connectivity index (χ1) is 25.1. The van der Waals surface area contributed by atoms with Gasteiger partial charge in [0, 0.05) is 41.2 Å². The number of aliphatic hydroxyl groups is 1. The molecular weight excluding hydrogens is 678 g/mol. The molecule has 1 saturated carbocycles. The number of pyridine rings is 1.